The molecule has 0 aliphatic rings. The van der Waals surface area contributed by atoms with Crippen molar-refractivity contribution in [3.8, 4) is 0 Å². The van der Waals surface area contributed by atoms with Gasteiger partial charge in [-0.15, -0.1) is 0 Å². The second-order valence-corrected chi connectivity index (χ2v) is 5.24. The average molecular weight is 296 g/mol. The normalized spacial score (nSPS) is 12.7. The van der Waals surface area contributed by atoms with Crippen molar-refractivity contribution in [3.05, 3.63) is 52.1 Å². The summed E-state index contributed by atoms with van der Waals surface area (Å²) < 4.78 is 15.9. The molecule has 0 aliphatic heterocycles. The van der Waals surface area contributed by atoms with Crippen LogP contribution < -0.4 is 5.32 Å². The Hall–Kier alpha value is -1.39. The molecular formula is C15H19ClFN3. The maximum Gasteiger partial charge on any atom is 0.145 e. The Morgan fingerprint density at radius 2 is 2.20 bits per heavy atom. The molecule has 108 valence electrons. The number of hydrogen-bond acceptors (Lipinski definition) is 2. The molecule has 1 N–H and O–H groups in total. The van der Waals surface area contributed by atoms with Gasteiger partial charge < -0.3 is 5.32 Å². The van der Waals surface area contributed by atoms with E-state index in [9.17, 15) is 4.39 Å². The van der Waals surface area contributed by atoms with Gasteiger partial charge >= 0.3 is 0 Å². The van der Waals surface area contributed by atoms with Gasteiger partial charge in [0.2, 0.25) is 0 Å². The highest BCUT2D eigenvalue weighted by molar-refractivity contribution is 6.30. The molecule has 0 bridgehead atoms. The Labute approximate surface area is 123 Å². The van der Waals surface area contributed by atoms with Gasteiger partial charge in [-0.3, -0.25) is 4.68 Å². The lowest BCUT2D eigenvalue weighted by Crippen LogP contribution is -2.24. The summed E-state index contributed by atoms with van der Waals surface area (Å²) in [5.41, 5.74) is 2.79. The van der Waals surface area contributed by atoms with Gasteiger partial charge in [-0.25, -0.2) is 4.39 Å². The minimum absolute atomic E-state index is 0.0293. The summed E-state index contributed by atoms with van der Waals surface area (Å²) in [7, 11) is 1.90. The lowest BCUT2D eigenvalue weighted by Gasteiger charge is -2.18. The molecule has 2 rings (SSSR count). The number of rotatable bonds is 5. The first kappa shape index (κ1) is 15.0. The number of likely N-dealkylation sites (N-methyl/N-ethyl adjacent to an activating group) is 1. The van der Waals surface area contributed by atoms with E-state index in [4.69, 9.17) is 11.6 Å². The summed E-state index contributed by atoms with van der Waals surface area (Å²) in [6, 6.07) is 5.15. The first-order chi connectivity index (χ1) is 9.54. The summed E-state index contributed by atoms with van der Waals surface area (Å²) in [6.45, 7) is 4.86. The molecule has 0 aliphatic carbocycles. The van der Waals surface area contributed by atoms with Crippen LogP contribution in [0.25, 0.3) is 0 Å². The standard InChI is InChI=1S/C15H19ClFN3/c1-4-18-14(12-9-19-20(3)10(12)2)8-11-6-5-7-13(16)15(11)17/h5-7,9,14,18H,4,8H2,1-3H3. The molecule has 1 atom stereocenters. The maximum atomic E-state index is 14.0. The third-order valence-electron chi connectivity index (χ3n) is 3.55. The number of nitrogens with zero attached hydrogens (tertiary/aromatic N) is 2. The fraction of sp³-hybridized carbons (Fsp3) is 0.400. The van der Waals surface area contributed by atoms with Crippen molar-refractivity contribution < 1.29 is 4.39 Å². The summed E-state index contributed by atoms with van der Waals surface area (Å²) in [5.74, 6) is -0.335. The van der Waals surface area contributed by atoms with E-state index in [1.54, 1.807) is 18.2 Å². The molecule has 1 aromatic carbocycles. The van der Waals surface area contributed by atoms with Gasteiger partial charge in [0.15, 0.2) is 0 Å². The SMILES string of the molecule is CCNC(Cc1cccc(Cl)c1F)c1cnn(C)c1C. The van der Waals surface area contributed by atoms with Crippen molar-refractivity contribution in [3.63, 3.8) is 0 Å². The van der Waals surface area contributed by atoms with Crippen molar-refractivity contribution >= 4 is 11.6 Å². The highest BCUT2D eigenvalue weighted by Gasteiger charge is 2.18. The van der Waals surface area contributed by atoms with E-state index in [0.29, 0.717) is 12.0 Å². The van der Waals surface area contributed by atoms with E-state index in [2.05, 4.69) is 10.4 Å². The topological polar surface area (TPSA) is 29.9 Å². The molecular weight excluding hydrogens is 277 g/mol. The number of aromatic nitrogens is 2. The maximum absolute atomic E-state index is 14.0. The Morgan fingerprint density at radius 3 is 2.80 bits per heavy atom. The number of nitrogens with one attached hydrogen (secondary N) is 1. The van der Waals surface area contributed by atoms with Crippen LogP contribution in [0.2, 0.25) is 5.02 Å². The summed E-state index contributed by atoms with van der Waals surface area (Å²) in [6.07, 6.45) is 2.39. The van der Waals surface area contributed by atoms with Crippen molar-refractivity contribution in [1.82, 2.24) is 15.1 Å². The van der Waals surface area contributed by atoms with Crippen LogP contribution in [0.5, 0.6) is 0 Å². The minimum Gasteiger partial charge on any atom is -0.310 e. The first-order valence-electron chi connectivity index (χ1n) is 6.69. The Kier molecular flexibility index (Phi) is 4.78. The van der Waals surface area contributed by atoms with Crippen molar-refractivity contribution in [1.29, 1.82) is 0 Å². The molecule has 0 fully saturated rings. The van der Waals surface area contributed by atoms with Crippen molar-refractivity contribution in [2.45, 2.75) is 26.3 Å². The largest absolute Gasteiger partial charge is 0.310 e. The smallest absolute Gasteiger partial charge is 0.145 e. The van der Waals surface area contributed by atoms with Crippen LogP contribution >= 0.6 is 11.6 Å². The highest BCUT2D eigenvalue weighted by atomic mass is 35.5. The third-order valence-corrected chi connectivity index (χ3v) is 3.85. The van der Waals surface area contributed by atoms with Crippen molar-refractivity contribution in [2.75, 3.05) is 6.54 Å². The average Bonchev–Trinajstić information content (AvgIpc) is 2.75. The molecule has 1 heterocycles. The third kappa shape index (κ3) is 3.02. The number of hydrogen-bond donors (Lipinski definition) is 1. The second kappa shape index (κ2) is 6.37. The summed E-state index contributed by atoms with van der Waals surface area (Å²) in [5, 5.41) is 7.81. The van der Waals surface area contributed by atoms with Crippen LogP contribution in [0.1, 0.15) is 29.8 Å². The van der Waals surface area contributed by atoms with Crippen molar-refractivity contribution in [2.24, 2.45) is 7.05 Å². The lowest BCUT2D eigenvalue weighted by molar-refractivity contribution is 0.525. The number of halogens is 2. The summed E-state index contributed by atoms with van der Waals surface area (Å²) >= 11 is 5.84. The van der Waals surface area contributed by atoms with Crippen LogP contribution in [-0.4, -0.2) is 16.3 Å². The first-order valence-corrected chi connectivity index (χ1v) is 7.07. The predicted octanol–water partition coefficient (Wildman–Crippen LogP) is 3.41. The molecule has 0 spiro atoms. The van der Waals surface area contributed by atoms with Gasteiger partial charge in [0, 0.05) is 24.3 Å². The van der Waals surface area contributed by atoms with Crippen LogP contribution in [0.3, 0.4) is 0 Å². The number of aryl methyl sites for hydroxylation is 1. The molecule has 5 heteroatoms. The fourth-order valence-electron chi connectivity index (χ4n) is 2.32. The molecule has 3 nitrogen and oxygen atoms in total. The monoisotopic (exact) mass is 295 g/mol. The van der Waals surface area contributed by atoms with E-state index in [0.717, 1.165) is 17.8 Å². The zero-order chi connectivity index (χ0) is 14.7. The van der Waals surface area contributed by atoms with Gasteiger partial charge in [0.25, 0.3) is 0 Å². The zero-order valence-corrected chi connectivity index (χ0v) is 12.7. The molecule has 20 heavy (non-hydrogen) atoms. The molecule has 0 saturated heterocycles. The van der Waals surface area contributed by atoms with E-state index >= 15 is 0 Å². The van der Waals surface area contributed by atoms with Crippen LogP contribution in [-0.2, 0) is 13.5 Å². The van der Waals surface area contributed by atoms with E-state index in [1.165, 1.54) is 0 Å². The Bertz CT molecular complexity index is 595. The molecule has 1 unspecified atom stereocenters. The molecule has 1 aromatic heterocycles. The van der Waals surface area contributed by atoms with Gasteiger partial charge in [0.05, 0.1) is 11.2 Å². The quantitative estimate of drug-likeness (QED) is 0.916. The highest BCUT2D eigenvalue weighted by Crippen LogP contribution is 2.25. The molecule has 0 amide bonds. The number of benzene rings is 1. The molecule has 0 radical (unpaired) electrons. The Morgan fingerprint density at radius 1 is 1.45 bits per heavy atom. The Balaban J connectivity index is 2.30. The molecule has 0 saturated carbocycles. The van der Waals surface area contributed by atoms with Crippen LogP contribution in [0, 0.1) is 12.7 Å². The summed E-state index contributed by atoms with van der Waals surface area (Å²) in [4.78, 5) is 0. The zero-order valence-electron chi connectivity index (χ0n) is 12.0. The fourth-order valence-corrected chi connectivity index (χ4v) is 2.52. The molecule has 2 aromatic rings. The van der Waals surface area contributed by atoms with E-state index in [1.807, 2.05) is 31.8 Å². The van der Waals surface area contributed by atoms with Gasteiger partial charge in [-0.05, 0) is 31.5 Å². The van der Waals surface area contributed by atoms with Gasteiger partial charge in [-0.2, -0.15) is 5.10 Å². The predicted molar refractivity (Wildman–Crippen MR) is 79.5 cm³/mol. The van der Waals surface area contributed by atoms with Crippen LogP contribution in [0.15, 0.2) is 24.4 Å². The second-order valence-electron chi connectivity index (χ2n) is 4.84. The van der Waals surface area contributed by atoms with Crippen LogP contribution in [0.4, 0.5) is 4.39 Å². The van der Waals surface area contributed by atoms with E-state index in [-0.39, 0.29) is 16.9 Å². The van der Waals surface area contributed by atoms with Gasteiger partial charge in [-0.1, -0.05) is 30.7 Å². The van der Waals surface area contributed by atoms with E-state index < -0.39 is 0 Å². The lowest BCUT2D eigenvalue weighted by atomic mass is 9.99. The minimum atomic E-state index is -0.335. The van der Waals surface area contributed by atoms with Gasteiger partial charge in [0.1, 0.15) is 5.82 Å².